The predicted octanol–water partition coefficient (Wildman–Crippen LogP) is 1.65. The molecule has 3 rings (SSSR count). The molecule has 106 valence electrons. The third kappa shape index (κ3) is 2.65. The topological polar surface area (TPSA) is 88.2 Å². The van der Waals surface area contributed by atoms with Crippen molar-refractivity contribution in [1.29, 1.82) is 0 Å². The van der Waals surface area contributed by atoms with Crippen molar-refractivity contribution in [3.63, 3.8) is 0 Å². The molecule has 1 aliphatic rings. The third-order valence-corrected chi connectivity index (χ3v) is 3.91. The highest BCUT2D eigenvalue weighted by atomic mass is 16.6. The summed E-state index contributed by atoms with van der Waals surface area (Å²) in [6.07, 6.45) is 3.02. The van der Waals surface area contributed by atoms with Gasteiger partial charge in [-0.25, -0.2) is 4.63 Å². The van der Waals surface area contributed by atoms with Gasteiger partial charge in [0.05, 0.1) is 5.60 Å². The number of fused-ring (bicyclic) bond motifs is 1. The van der Waals surface area contributed by atoms with Gasteiger partial charge < -0.3 is 10.4 Å². The summed E-state index contributed by atoms with van der Waals surface area (Å²) < 4.78 is 4.61. The molecule has 1 aliphatic carbocycles. The molecule has 1 saturated carbocycles. The Hall–Kier alpha value is -1.95. The quantitative estimate of drug-likeness (QED) is 0.870. The number of aromatic nitrogens is 2. The van der Waals surface area contributed by atoms with Crippen molar-refractivity contribution in [2.45, 2.75) is 44.2 Å². The maximum atomic E-state index is 12.2. The Bertz CT molecular complexity index is 625. The van der Waals surface area contributed by atoms with E-state index in [-0.39, 0.29) is 11.9 Å². The normalized spacial score (nSPS) is 26.6. The van der Waals surface area contributed by atoms with Gasteiger partial charge in [0.1, 0.15) is 11.0 Å². The molecule has 6 nitrogen and oxygen atoms in total. The number of hydrogen-bond donors (Lipinski definition) is 2. The molecular weight excluding hydrogens is 258 g/mol. The zero-order valence-corrected chi connectivity index (χ0v) is 11.3. The Labute approximate surface area is 116 Å². The highest BCUT2D eigenvalue weighted by molar-refractivity contribution is 5.97. The Morgan fingerprint density at radius 2 is 2.05 bits per heavy atom. The number of rotatable bonds is 2. The van der Waals surface area contributed by atoms with Crippen LogP contribution in [0.15, 0.2) is 22.8 Å². The monoisotopic (exact) mass is 275 g/mol. The van der Waals surface area contributed by atoms with Gasteiger partial charge in [-0.1, -0.05) is 0 Å². The fourth-order valence-corrected chi connectivity index (χ4v) is 2.58. The van der Waals surface area contributed by atoms with E-state index in [2.05, 4.69) is 20.3 Å². The first-order chi connectivity index (χ1) is 9.53. The Balaban J connectivity index is 1.67. The highest BCUT2D eigenvalue weighted by Crippen LogP contribution is 2.27. The lowest BCUT2D eigenvalue weighted by atomic mass is 9.83. The van der Waals surface area contributed by atoms with E-state index in [4.69, 9.17) is 0 Å². The predicted molar refractivity (Wildman–Crippen MR) is 72.2 cm³/mol. The van der Waals surface area contributed by atoms with E-state index in [9.17, 15) is 9.90 Å². The third-order valence-electron chi connectivity index (χ3n) is 3.91. The molecule has 0 radical (unpaired) electrons. The van der Waals surface area contributed by atoms with Gasteiger partial charge in [-0.2, -0.15) is 0 Å². The lowest BCUT2D eigenvalue weighted by molar-refractivity contribution is 0.0140. The zero-order chi connectivity index (χ0) is 14.2. The number of amides is 1. The second-order valence-electron chi connectivity index (χ2n) is 5.71. The van der Waals surface area contributed by atoms with Crippen molar-refractivity contribution in [1.82, 2.24) is 15.6 Å². The maximum Gasteiger partial charge on any atom is 0.251 e. The van der Waals surface area contributed by atoms with Crippen molar-refractivity contribution in [3.05, 3.63) is 23.8 Å². The van der Waals surface area contributed by atoms with Crippen LogP contribution in [0.1, 0.15) is 43.0 Å². The van der Waals surface area contributed by atoms with Gasteiger partial charge >= 0.3 is 0 Å². The van der Waals surface area contributed by atoms with Crippen molar-refractivity contribution in [2.75, 3.05) is 0 Å². The molecule has 1 amide bonds. The molecule has 1 aromatic heterocycles. The number of nitrogens with one attached hydrogen (secondary N) is 1. The summed E-state index contributed by atoms with van der Waals surface area (Å²) in [6, 6.07) is 5.21. The average molecular weight is 275 g/mol. The van der Waals surface area contributed by atoms with E-state index >= 15 is 0 Å². The first-order valence-electron chi connectivity index (χ1n) is 6.79. The standard InChI is InChI=1S/C14H17N3O3/c1-14(19)6-4-10(5-7-14)15-13(18)9-2-3-11-12(8-9)17-20-16-11/h2-3,8,10,19H,4-7H2,1H3,(H,15,18). The lowest BCUT2D eigenvalue weighted by Crippen LogP contribution is -2.42. The van der Waals surface area contributed by atoms with Crippen molar-refractivity contribution in [2.24, 2.45) is 0 Å². The molecule has 0 unspecified atom stereocenters. The van der Waals surface area contributed by atoms with Crippen LogP contribution in [0.25, 0.3) is 11.0 Å². The molecule has 2 aromatic rings. The van der Waals surface area contributed by atoms with E-state index in [1.54, 1.807) is 18.2 Å². The summed E-state index contributed by atoms with van der Waals surface area (Å²) >= 11 is 0. The minimum absolute atomic E-state index is 0.119. The lowest BCUT2D eigenvalue weighted by Gasteiger charge is -2.33. The van der Waals surface area contributed by atoms with Gasteiger partial charge in [0.2, 0.25) is 0 Å². The molecule has 1 fully saturated rings. The van der Waals surface area contributed by atoms with E-state index in [0.717, 1.165) is 12.8 Å². The van der Waals surface area contributed by atoms with Gasteiger partial charge in [-0.3, -0.25) is 4.79 Å². The molecule has 20 heavy (non-hydrogen) atoms. The first-order valence-corrected chi connectivity index (χ1v) is 6.79. The van der Waals surface area contributed by atoms with Crippen molar-refractivity contribution < 1.29 is 14.5 Å². The van der Waals surface area contributed by atoms with Crippen LogP contribution < -0.4 is 5.32 Å². The minimum atomic E-state index is -0.591. The number of carbonyl (C=O) groups excluding carboxylic acids is 1. The van der Waals surface area contributed by atoms with Crippen molar-refractivity contribution >= 4 is 16.9 Å². The summed E-state index contributed by atoms with van der Waals surface area (Å²) in [4.78, 5) is 12.2. The Morgan fingerprint density at radius 3 is 2.80 bits per heavy atom. The van der Waals surface area contributed by atoms with Crippen LogP contribution in [0.5, 0.6) is 0 Å². The van der Waals surface area contributed by atoms with E-state index in [0.29, 0.717) is 29.4 Å². The van der Waals surface area contributed by atoms with E-state index < -0.39 is 5.60 Å². The van der Waals surface area contributed by atoms with Crippen LogP contribution in [0.2, 0.25) is 0 Å². The molecule has 1 heterocycles. The summed E-state index contributed by atoms with van der Waals surface area (Å²) in [5, 5.41) is 20.3. The Kier molecular flexibility index (Phi) is 3.17. The van der Waals surface area contributed by atoms with E-state index in [1.165, 1.54) is 0 Å². The number of aliphatic hydroxyl groups is 1. The van der Waals surface area contributed by atoms with Gasteiger partial charge in [0, 0.05) is 11.6 Å². The molecule has 2 N–H and O–H groups in total. The molecule has 6 heteroatoms. The highest BCUT2D eigenvalue weighted by Gasteiger charge is 2.29. The number of hydrogen-bond acceptors (Lipinski definition) is 5. The number of carbonyl (C=O) groups is 1. The molecule has 0 spiro atoms. The van der Waals surface area contributed by atoms with Crippen LogP contribution >= 0.6 is 0 Å². The van der Waals surface area contributed by atoms with Crippen molar-refractivity contribution in [3.8, 4) is 0 Å². The molecule has 1 aromatic carbocycles. The SMILES string of the molecule is CC1(O)CCC(NC(=O)c2ccc3nonc3c2)CC1. The van der Waals surface area contributed by atoms with Crippen LogP contribution in [0.4, 0.5) is 0 Å². The molecule has 0 bridgehead atoms. The van der Waals surface area contributed by atoms with Crippen LogP contribution in [-0.4, -0.2) is 33.0 Å². The Morgan fingerprint density at radius 1 is 1.35 bits per heavy atom. The first kappa shape index (κ1) is 13.1. The fourth-order valence-electron chi connectivity index (χ4n) is 2.58. The number of nitrogens with zero attached hydrogens (tertiary/aromatic N) is 2. The zero-order valence-electron chi connectivity index (χ0n) is 11.3. The average Bonchev–Trinajstić information content (AvgIpc) is 2.88. The maximum absolute atomic E-state index is 12.2. The van der Waals surface area contributed by atoms with Crippen LogP contribution in [0.3, 0.4) is 0 Å². The molecule has 0 saturated heterocycles. The number of benzene rings is 1. The smallest absolute Gasteiger partial charge is 0.251 e. The molecular formula is C14H17N3O3. The van der Waals surface area contributed by atoms with Gasteiger partial charge in [-0.05, 0) is 61.1 Å². The second-order valence-corrected chi connectivity index (χ2v) is 5.71. The summed E-state index contributed by atoms with van der Waals surface area (Å²) in [7, 11) is 0. The van der Waals surface area contributed by atoms with E-state index in [1.807, 2.05) is 6.92 Å². The largest absolute Gasteiger partial charge is 0.390 e. The second kappa shape index (κ2) is 4.86. The van der Waals surface area contributed by atoms with Gasteiger partial charge in [0.25, 0.3) is 5.91 Å². The fraction of sp³-hybridized carbons (Fsp3) is 0.500. The molecule has 0 atom stereocenters. The van der Waals surface area contributed by atoms with Gasteiger partial charge in [-0.15, -0.1) is 0 Å². The minimum Gasteiger partial charge on any atom is -0.390 e. The van der Waals surface area contributed by atoms with Crippen LogP contribution in [-0.2, 0) is 0 Å². The summed E-state index contributed by atoms with van der Waals surface area (Å²) in [5.41, 5.74) is 1.16. The summed E-state index contributed by atoms with van der Waals surface area (Å²) in [6.45, 7) is 1.84. The van der Waals surface area contributed by atoms with Crippen LogP contribution in [0, 0.1) is 0 Å². The summed E-state index contributed by atoms with van der Waals surface area (Å²) in [5.74, 6) is -0.124. The van der Waals surface area contributed by atoms with Gasteiger partial charge in [0.15, 0.2) is 0 Å². The molecule has 0 aliphatic heterocycles.